The second-order valence-corrected chi connectivity index (χ2v) is 7.47. The molecule has 0 aromatic heterocycles. The van der Waals surface area contributed by atoms with Crippen LogP contribution >= 0.6 is 0 Å². The van der Waals surface area contributed by atoms with Crippen molar-refractivity contribution < 1.29 is 24.2 Å². The van der Waals surface area contributed by atoms with Crippen molar-refractivity contribution in [1.82, 2.24) is 10.6 Å². The Morgan fingerprint density at radius 1 is 0.960 bits per heavy atom. The van der Waals surface area contributed by atoms with Crippen LogP contribution in [0, 0.1) is 10.8 Å². The van der Waals surface area contributed by atoms with Gasteiger partial charge in [0.2, 0.25) is 0 Å². The van der Waals surface area contributed by atoms with Gasteiger partial charge in [0.15, 0.2) is 0 Å². The van der Waals surface area contributed by atoms with Crippen LogP contribution in [0.2, 0.25) is 0 Å². The number of aliphatic hydroxyl groups excluding tert-OH is 1. The first-order valence-corrected chi connectivity index (χ1v) is 8.16. The topological polar surface area (TPSA) is 96.9 Å². The van der Waals surface area contributed by atoms with Crippen LogP contribution in [0.3, 0.4) is 0 Å². The van der Waals surface area contributed by atoms with Crippen LogP contribution in [-0.2, 0) is 4.74 Å². The van der Waals surface area contributed by atoms with Crippen molar-refractivity contribution >= 4 is 12.2 Å². The fraction of sp³-hybridized carbons (Fsp3) is 0.556. The van der Waals surface area contributed by atoms with Crippen molar-refractivity contribution in [3.05, 3.63) is 30.3 Å². The predicted molar refractivity (Wildman–Crippen MR) is 94.5 cm³/mol. The SMILES string of the molecule is CC(C)(CO)CNC(=O)OCC(C)(C)CNC(=O)Oc1ccccc1. The number of carbonyl (C=O) groups is 2. The summed E-state index contributed by atoms with van der Waals surface area (Å²) in [6, 6.07) is 8.75. The van der Waals surface area contributed by atoms with Crippen molar-refractivity contribution in [2.45, 2.75) is 27.7 Å². The molecular formula is C18H28N2O5. The van der Waals surface area contributed by atoms with Gasteiger partial charge < -0.3 is 25.2 Å². The number of amides is 2. The Kier molecular flexibility index (Phi) is 7.70. The third-order valence-corrected chi connectivity index (χ3v) is 3.40. The molecule has 1 aromatic rings. The van der Waals surface area contributed by atoms with Gasteiger partial charge in [0.05, 0.1) is 6.61 Å². The lowest BCUT2D eigenvalue weighted by Crippen LogP contribution is -2.41. The summed E-state index contributed by atoms with van der Waals surface area (Å²) >= 11 is 0. The molecule has 0 spiro atoms. The molecule has 0 aliphatic rings. The van der Waals surface area contributed by atoms with Crippen molar-refractivity contribution in [2.75, 3.05) is 26.3 Å². The van der Waals surface area contributed by atoms with Crippen molar-refractivity contribution in [2.24, 2.45) is 10.8 Å². The van der Waals surface area contributed by atoms with E-state index in [4.69, 9.17) is 14.6 Å². The van der Waals surface area contributed by atoms with Gasteiger partial charge in [-0.15, -0.1) is 0 Å². The van der Waals surface area contributed by atoms with Gasteiger partial charge in [-0.2, -0.15) is 0 Å². The molecule has 2 amide bonds. The van der Waals surface area contributed by atoms with Gasteiger partial charge in [-0.3, -0.25) is 0 Å². The van der Waals surface area contributed by atoms with E-state index in [1.165, 1.54) is 0 Å². The normalized spacial score (nSPS) is 11.6. The Balaban J connectivity index is 2.30. The molecule has 0 aliphatic carbocycles. The van der Waals surface area contributed by atoms with Crippen LogP contribution in [0.5, 0.6) is 5.75 Å². The highest BCUT2D eigenvalue weighted by atomic mass is 16.6. The maximum absolute atomic E-state index is 11.8. The molecule has 1 aromatic carbocycles. The summed E-state index contributed by atoms with van der Waals surface area (Å²) in [6.07, 6.45) is -1.12. The zero-order valence-electron chi connectivity index (χ0n) is 15.3. The summed E-state index contributed by atoms with van der Waals surface area (Å²) in [7, 11) is 0. The molecule has 140 valence electrons. The molecule has 7 heteroatoms. The van der Waals surface area contributed by atoms with Gasteiger partial charge in [0.1, 0.15) is 5.75 Å². The number of hydrogen-bond acceptors (Lipinski definition) is 5. The molecule has 0 fully saturated rings. The van der Waals surface area contributed by atoms with Gasteiger partial charge in [-0.05, 0) is 12.1 Å². The highest BCUT2D eigenvalue weighted by molar-refractivity contribution is 5.70. The van der Waals surface area contributed by atoms with Crippen molar-refractivity contribution in [3.8, 4) is 5.75 Å². The first-order valence-electron chi connectivity index (χ1n) is 8.16. The zero-order valence-corrected chi connectivity index (χ0v) is 15.3. The van der Waals surface area contributed by atoms with E-state index in [0.717, 1.165) is 0 Å². The van der Waals surface area contributed by atoms with E-state index in [0.29, 0.717) is 12.3 Å². The van der Waals surface area contributed by atoms with Gasteiger partial charge in [0.25, 0.3) is 0 Å². The fourth-order valence-corrected chi connectivity index (χ4v) is 1.67. The number of ether oxygens (including phenoxy) is 2. The molecule has 0 aliphatic heterocycles. The van der Waals surface area contributed by atoms with Crippen LogP contribution in [0.25, 0.3) is 0 Å². The maximum Gasteiger partial charge on any atom is 0.412 e. The zero-order chi connectivity index (χ0) is 18.9. The molecule has 0 unspecified atom stereocenters. The molecular weight excluding hydrogens is 324 g/mol. The maximum atomic E-state index is 11.8. The quantitative estimate of drug-likeness (QED) is 0.668. The van der Waals surface area contributed by atoms with Gasteiger partial charge >= 0.3 is 12.2 Å². The second-order valence-electron chi connectivity index (χ2n) is 7.47. The van der Waals surface area contributed by atoms with Crippen LogP contribution < -0.4 is 15.4 Å². The Morgan fingerprint density at radius 2 is 1.52 bits per heavy atom. The number of benzene rings is 1. The molecule has 3 N–H and O–H groups in total. The average Bonchev–Trinajstić information content (AvgIpc) is 2.58. The van der Waals surface area contributed by atoms with Crippen LogP contribution in [0.4, 0.5) is 9.59 Å². The summed E-state index contributed by atoms with van der Waals surface area (Å²) in [5.74, 6) is 0.458. The van der Waals surface area contributed by atoms with Crippen LogP contribution in [0.1, 0.15) is 27.7 Å². The van der Waals surface area contributed by atoms with Gasteiger partial charge in [0, 0.05) is 30.5 Å². The first-order chi connectivity index (χ1) is 11.6. The minimum absolute atomic E-state index is 0.0355. The fourth-order valence-electron chi connectivity index (χ4n) is 1.67. The van der Waals surface area contributed by atoms with Crippen LogP contribution in [-0.4, -0.2) is 43.6 Å². The third kappa shape index (κ3) is 8.95. The number of hydrogen-bond donors (Lipinski definition) is 3. The summed E-state index contributed by atoms with van der Waals surface area (Å²) in [5.41, 5.74) is -0.864. The van der Waals surface area contributed by atoms with E-state index in [-0.39, 0.29) is 19.8 Å². The Morgan fingerprint density at radius 3 is 2.12 bits per heavy atom. The molecule has 0 saturated heterocycles. The number of aliphatic hydroxyl groups is 1. The van der Waals surface area contributed by atoms with E-state index in [2.05, 4.69) is 10.6 Å². The number of para-hydroxylation sites is 1. The number of nitrogens with one attached hydrogen (secondary N) is 2. The van der Waals surface area contributed by atoms with Gasteiger partial charge in [-0.25, -0.2) is 9.59 Å². The average molecular weight is 352 g/mol. The molecule has 25 heavy (non-hydrogen) atoms. The Hall–Kier alpha value is -2.28. The monoisotopic (exact) mass is 352 g/mol. The van der Waals surface area contributed by atoms with E-state index in [1.807, 2.05) is 33.8 Å². The summed E-state index contributed by atoms with van der Waals surface area (Å²) in [6.45, 7) is 8.08. The third-order valence-electron chi connectivity index (χ3n) is 3.40. The lowest BCUT2D eigenvalue weighted by atomic mass is 9.95. The Bertz CT molecular complexity index is 558. The molecule has 0 radical (unpaired) electrons. The molecule has 0 heterocycles. The number of alkyl carbamates (subject to hydrolysis) is 1. The van der Waals surface area contributed by atoms with E-state index >= 15 is 0 Å². The van der Waals surface area contributed by atoms with E-state index in [9.17, 15) is 9.59 Å². The van der Waals surface area contributed by atoms with E-state index in [1.54, 1.807) is 24.3 Å². The van der Waals surface area contributed by atoms with Crippen molar-refractivity contribution in [3.63, 3.8) is 0 Å². The largest absolute Gasteiger partial charge is 0.449 e. The molecule has 1 rings (SSSR count). The van der Waals surface area contributed by atoms with Gasteiger partial charge in [-0.1, -0.05) is 45.9 Å². The first kappa shape index (κ1) is 20.8. The molecule has 0 saturated carbocycles. The summed E-state index contributed by atoms with van der Waals surface area (Å²) < 4.78 is 10.3. The number of rotatable bonds is 8. The number of carbonyl (C=O) groups excluding carboxylic acids is 2. The molecule has 7 nitrogen and oxygen atoms in total. The highest BCUT2D eigenvalue weighted by Crippen LogP contribution is 2.15. The molecule has 0 bridgehead atoms. The standard InChI is InChI=1S/C18H28N2O5/c1-17(2,12-21)10-19-15(22)24-13-18(3,4)11-20-16(23)25-14-8-6-5-7-9-14/h5-9,21H,10-13H2,1-4H3,(H,19,22)(H,20,23). The lowest BCUT2D eigenvalue weighted by Gasteiger charge is -2.25. The van der Waals surface area contributed by atoms with Crippen molar-refractivity contribution in [1.29, 1.82) is 0 Å². The summed E-state index contributed by atoms with van der Waals surface area (Å²) in [5, 5.41) is 14.4. The highest BCUT2D eigenvalue weighted by Gasteiger charge is 2.23. The predicted octanol–water partition coefficient (Wildman–Crippen LogP) is 2.55. The summed E-state index contributed by atoms with van der Waals surface area (Å²) in [4.78, 5) is 23.5. The lowest BCUT2D eigenvalue weighted by molar-refractivity contribution is 0.0910. The Labute approximate surface area is 148 Å². The minimum atomic E-state index is -0.562. The van der Waals surface area contributed by atoms with E-state index < -0.39 is 23.0 Å². The smallest absolute Gasteiger partial charge is 0.412 e. The molecule has 0 atom stereocenters. The van der Waals surface area contributed by atoms with Crippen LogP contribution in [0.15, 0.2) is 30.3 Å². The second kappa shape index (κ2) is 9.27. The minimum Gasteiger partial charge on any atom is -0.449 e.